The topological polar surface area (TPSA) is 76.5 Å². The molecule has 128 valence electrons. The summed E-state index contributed by atoms with van der Waals surface area (Å²) in [5.74, 6) is 1.84. The zero-order chi connectivity index (χ0) is 17.0. The van der Waals surface area contributed by atoms with Crippen molar-refractivity contribution in [1.82, 2.24) is 19.8 Å². The minimum Gasteiger partial charge on any atom is -0.444 e. The van der Waals surface area contributed by atoms with Gasteiger partial charge >= 0.3 is 6.09 Å². The van der Waals surface area contributed by atoms with Crippen LogP contribution in [0.3, 0.4) is 0 Å². The number of carbonyl (C=O) groups is 2. The standard InChI is InChI=1S/C15H24N4O3S/c1-15(2,3)22-14(21)19-10-23-9-11(19)13(20)17-6-5-12-16-7-8-18(12)4/h7-8,11H,5-6,9-10H2,1-4H3,(H,17,20)/t11-/m0/s1. The minimum absolute atomic E-state index is 0.143. The summed E-state index contributed by atoms with van der Waals surface area (Å²) in [7, 11) is 1.92. The SMILES string of the molecule is Cn1ccnc1CCNC(=O)[C@@H]1CSCN1C(=O)OC(C)(C)C. The van der Waals surface area contributed by atoms with Crippen LogP contribution in [0, 0.1) is 0 Å². The van der Waals surface area contributed by atoms with E-state index in [-0.39, 0.29) is 5.91 Å². The van der Waals surface area contributed by atoms with Crippen LogP contribution in [0.5, 0.6) is 0 Å². The maximum Gasteiger partial charge on any atom is 0.411 e. The van der Waals surface area contributed by atoms with Gasteiger partial charge in [-0.3, -0.25) is 9.69 Å². The lowest BCUT2D eigenvalue weighted by Crippen LogP contribution is -2.49. The normalized spacial score (nSPS) is 18.1. The monoisotopic (exact) mass is 340 g/mol. The highest BCUT2D eigenvalue weighted by Crippen LogP contribution is 2.23. The van der Waals surface area contributed by atoms with Crippen LogP contribution in [0.2, 0.25) is 0 Å². The first-order valence-electron chi connectivity index (χ1n) is 7.59. The number of amides is 2. The molecule has 2 amide bonds. The largest absolute Gasteiger partial charge is 0.444 e. The summed E-state index contributed by atoms with van der Waals surface area (Å²) in [6.45, 7) is 5.94. The lowest BCUT2D eigenvalue weighted by atomic mass is 10.2. The third-order valence-electron chi connectivity index (χ3n) is 3.38. The van der Waals surface area contributed by atoms with Crippen molar-refractivity contribution in [3.63, 3.8) is 0 Å². The number of hydrogen-bond donors (Lipinski definition) is 1. The smallest absolute Gasteiger partial charge is 0.411 e. The molecule has 0 bridgehead atoms. The van der Waals surface area contributed by atoms with Crippen LogP contribution in [-0.4, -0.2) is 56.3 Å². The second kappa shape index (κ2) is 7.25. The van der Waals surface area contributed by atoms with Gasteiger partial charge in [0.1, 0.15) is 17.5 Å². The van der Waals surface area contributed by atoms with Gasteiger partial charge in [0.15, 0.2) is 0 Å². The average molecular weight is 340 g/mol. The van der Waals surface area contributed by atoms with E-state index in [9.17, 15) is 9.59 Å². The number of hydrogen-bond acceptors (Lipinski definition) is 5. The number of aromatic nitrogens is 2. The fourth-order valence-corrected chi connectivity index (χ4v) is 3.36. The Bertz CT molecular complexity index is 567. The predicted octanol–water partition coefficient (Wildman–Crippen LogP) is 1.39. The highest BCUT2D eigenvalue weighted by molar-refractivity contribution is 7.99. The molecule has 1 aromatic heterocycles. The molecule has 2 heterocycles. The summed E-state index contributed by atoms with van der Waals surface area (Å²) in [4.78, 5) is 30.2. The predicted molar refractivity (Wildman–Crippen MR) is 89.1 cm³/mol. The van der Waals surface area contributed by atoms with Crippen molar-refractivity contribution in [2.45, 2.75) is 38.8 Å². The molecule has 8 heteroatoms. The second-order valence-electron chi connectivity index (χ2n) is 6.46. The van der Waals surface area contributed by atoms with E-state index in [1.54, 1.807) is 18.0 Å². The quantitative estimate of drug-likeness (QED) is 0.896. The molecule has 1 atom stereocenters. The van der Waals surface area contributed by atoms with Gasteiger partial charge in [-0.15, -0.1) is 11.8 Å². The summed E-state index contributed by atoms with van der Waals surface area (Å²) in [5, 5.41) is 2.88. The van der Waals surface area contributed by atoms with E-state index in [0.717, 1.165) is 5.82 Å². The average Bonchev–Trinajstić information content (AvgIpc) is 3.06. The number of aryl methyl sites for hydroxylation is 1. The Balaban J connectivity index is 1.85. The molecular formula is C15H24N4O3S. The number of thioether (sulfide) groups is 1. The third-order valence-corrected chi connectivity index (χ3v) is 4.39. The molecule has 1 aliphatic rings. The fourth-order valence-electron chi connectivity index (χ4n) is 2.21. The molecule has 0 radical (unpaired) electrons. The molecule has 0 aromatic carbocycles. The fraction of sp³-hybridized carbons (Fsp3) is 0.667. The van der Waals surface area contributed by atoms with E-state index >= 15 is 0 Å². The molecule has 0 spiro atoms. The Labute approximate surface area is 140 Å². The molecule has 1 aliphatic heterocycles. The number of carbonyl (C=O) groups excluding carboxylic acids is 2. The third kappa shape index (κ3) is 4.89. The zero-order valence-electron chi connectivity index (χ0n) is 14.0. The summed E-state index contributed by atoms with van der Waals surface area (Å²) >= 11 is 1.55. The van der Waals surface area contributed by atoms with E-state index in [4.69, 9.17) is 4.74 Å². The van der Waals surface area contributed by atoms with Crippen LogP contribution in [0.1, 0.15) is 26.6 Å². The van der Waals surface area contributed by atoms with Gasteiger partial charge in [0, 0.05) is 38.2 Å². The van der Waals surface area contributed by atoms with Crippen LogP contribution in [-0.2, 0) is 23.0 Å². The van der Waals surface area contributed by atoms with Crippen molar-refractivity contribution in [3.05, 3.63) is 18.2 Å². The summed E-state index contributed by atoms with van der Waals surface area (Å²) < 4.78 is 7.28. The van der Waals surface area contributed by atoms with E-state index in [0.29, 0.717) is 24.6 Å². The lowest BCUT2D eigenvalue weighted by Gasteiger charge is -2.27. The maximum absolute atomic E-state index is 12.3. The first kappa shape index (κ1) is 17.7. The first-order chi connectivity index (χ1) is 10.8. The van der Waals surface area contributed by atoms with Crippen LogP contribution in [0.25, 0.3) is 0 Å². The van der Waals surface area contributed by atoms with Crippen LogP contribution in [0.15, 0.2) is 12.4 Å². The molecule has 2 rings (SSSR count). The van der Waals surface area contributed by atoms with Gasteiger partial charge in [0.2, 0.25) is 5.91 Å². The van der Waals surface area contributed by atoms with Crippen molar-refractivity contribution in [3.8, 4) is 0 Å². The molecule has 1 saturated heterocycles. The van der Waals surface area contributed by atoms with Gasteiger partial charge in [-0.05, 0) is 20.8 Å². The summed E-state index contributed by atoms with van der Waals surface area (Å²) in [5.41, 5.74) is -0.566. The van der Waals surface area contributed by atoms with Gasteiger partial charge in [-0.1, -0.05) is 0 Å². The number of imidazole rings is 1. The van der Waals surface area contributed by atoms with Crippen molar-refractivity contribution < 1.29 is 14.3 Å². The number of ether oxygens (including phenoxy) is 1. The van der Waals surface area contributed by atoms with Crippen molar-refractivity contribution in [2.24, 2.45) is 7.05 Å². The highest BCUT2D eigenvalue weighted by Gasteiger charge is 2.36. The van der Waals surface area contributed by atoms with Crippen LogP contribution < -0.4 is 5.32 Å². The molecular weight excluding hydrogens is 316 g/mol. The zero-order valence-corrected chi connectivity index (χ0v) is 14.9. The molecule has 1 aromatic rings. The summed E-state index contributed by atoms with van der Waals surface area (Å²) in [6, 6.07) is -0.476. The Morgan fingerprint density at radius 1 is 1.48 bits per heavy atom. The van der Waals surface area contributed by atoms with Gasteiger partial charge in [-0.25, -0.2) is 9.78 Å². The van der Waals surface area contributed by atoms with Gasteiger partial charge in [0.05, 0.1) is 5.88 Å². The van der Waals surface area contributed by atoms with Crippen molar-refractivity contribution in [2.75, 3.05) is 18.2 Å². The molecule has 1 N–H and O–H groups in total. The Morgan fingerprint density at radius 3 is 2.83 bits per heavy atom. The minimum atomic E-state index is -0.566. The first-order valence-corrected chi connectivity index (χ1v) is 8.74. The van der Waals surface area contributed by atoms with E-state index in [1.165, 1.54) is 4.90 Å². The maximum atomic E-state index is 12.3. The number of rotatable bonds is 4. The van der Waals surface area contributed by atoms with Crippen LogP contribution >= 0.6 is 11.8 Å². The molecule has 0 aliphatic carbocycles. The van der Waals surface area contributed by atoms with E-state index < -0.39 is 17.7 Å². The van der Waals surface area contributed by atoms with E-state index in [1.807, 2.05) is 38.6 Å². The highest BCUT2D eigenvalue weighted by atomic mass is 32.2. The molecule has 7 nitrogen and oxygen atoms in total. The van der Waals surface area contributed by atoms with E-state index in [2.05, 4.69) is 10.3 Å². The second-order valence-corrected chi connectivity index (χ2v) is 7.46. The van der Waals surface area contributed by atoms with Gasteiger partial charge in [-0.2, -0.15) is 0 Å². The number of nitrogens with one attached hydrogen (secondary N) is 1. The Morgan fingerprint density at radius 2 is 2.22 bits per heavy atom. The molecule has 1 fully saturated rings. The van der Waals surface area contributed by atoms with Gasteiger partial charge < -0.3 is 14.6 Å². The van der Waals surface area contributed by atoms with Crippen molar-refractivity contribution >= 4 is 23.8 Å². The lowest BCUT2D eigenvalue weighted by molar-refractivity contribution is -0.125. The Kier molecular flexibility index (Phi) is 5.56. The molecule has 0 unspecified atom stereocenters. The molecule has 0 saturated carbocycles. The van der Waals surface area contributed by atoms with Gasteiger partial charge in [0.25, 0.3) is 0 Å². The number of nitrogens with zero attached hydrogens (tertiary/aromatic N) is 3. The molecule has 23 heavy (non-hydrogen) atoms. The Hall–Kier alpha value is -1.70. The summed E-state index contributed by atoms with van der Waals surface area (Å²) in [6.07, 6.45) is 3.82. The van der Waals surface area contributed by atoms with Crippen LogP contribution in [0.4, 0.5) is 4.79 Å². The van der Waals surface area contributed by atoms with Crippen molar-refractivity contribution in [1.29, 1.82) is 0 Å².